The van der Waals surface area contributed by atoms with Crippen LogP contribution in [0.3, 0.4) is 0 Å². The summed E-state index contributed by atoms with van der Waals surface area (Å²) in [6.45, 7) is 2.09. The van der Waals surface area contributed by atoms with Crippen molar-refractivity contribution in [1.29, 1.82) is 0 Å². The molecule has 0 aromatic rings. The lowest BCUT2D eigenvalue weighted by molar-refractivity contribution is -0.138. The molecule has 1 aliphatic rings. The second-order valence-corrected chi connectivity index (χ2v) is 5.14. The summed E-state index contributed by atoms with van der Waals surface area (Å²) in [6, 6.07) is -0.368. The molecule has 0 amide bonds. The zero-order valence-corrected chi connectivity index (χ0v) is 9.28. The van der Waals surface area contributed by atoms with E-state index in [0.29, 0.717) is 11.0 Å². The molecular weight excluding hydrogens is 206 g/mol. The second kappa shape index (κ2) is 5.12. The molecule has 3 nitrogen and oxygen atoms in total. The standard InChI is InChI=1S/C8H15NO2S2/c1-2-5(12)3-7-9-6(4-13-7)8(10)11/h5-7,9,12H,2-4H2,1H3,(H,10,11). The predicted octanol–water partition coefficient (Wildman–Crippen LogP) is 1.20. The topological polar surface area (TPSA) is 49.3 Å². The number of thioether (sulfide) groups is 1. The highest BCUT2D eigenvalue weighted by atomic mass is 32.2. The molecule has 1 fully saturated rings. The van der Waals surface area contributed by atoms with E-state index in [4.69, 9.17) is 5.11 Å². The van der Waals surface area contributed by atoms with Crippen molar-refractivity contribution < 1.29 is 9.90 Å². The third kappa shape index (κ3) is 3.40. The van der Waals surface area contributed by atoms with Crippen molar-refractivity contribution in [1.82, 2.24) is 5.32 Å². The zero-order valence-electron chi connectivity index (χ0n) is 7.56. The third-order valence-electron chi connectivity index (χ3n) is 2.11. The molecule has 2 N–H and O–H groups in total. The van der Waals surface area contributed by atoms with Crippen LogP contribution in [0.15, 0.2) is 0 Å². The van der Waals surface area contributed by atoms with Gasteiger partial charge in [0, 0.05) is 11.0 Å². The molecule has 1 saturated heterocycles. The summed E-state index contributed by atoms with van der Waals surface area (Å²) in [6.07, 6.45) is 1.97. The number of carboxylic acids is 1. The van der Waals surface area contributed by atoms with Crippen molar-refractivity contribution in [3.63, 3.8) is 0 Å². The van der Waals surface area contributed by atoms with Gasteiger partial charge in [0.2, 0.25) is 0 Å². The molecule has 3 unspecified atom stereocenters. The molecule has 13 heavy (non-hydrogen) atoms. The number of thiol groups is 1. The molecule has 0 radical (unpaired) electrons. The predicted molar refractivity (Wildman–Crippen MR) is 58.5 cm³/mol. The molecule has 3 atom stereocenters. The Bertz CT molecular complexity index is 189. The van der Waals surface area contributed by atoms with Crippen LogP contribution < -0.4 is 5.32 Å². The molecule has 0 aromatic heterocycles. The SMILES string of the molecule is CCC(S)CC1NC(C(=O)O)CS1. The van der Waals surface area contributed by atoms with E-state index in [9.17, 15) is 4.79 Å². The van der Waals surface area contributed by atoms with Crippen molar-refractivity contribution in [2.75, 3.05) is 5.75 Å². The summed E-state index contributed by atoms with van der Waals surface area (Å²) in [7, 11) is 0. The molecule has 76 valence electrons. The molecule has 1 heterocycles. The van der Waals surface area contributed by atoms with Gasteiger partial charge in [0.25, 0.3) is 0 Å². The first-order chi connectivity index (χ1) is 6.13. The van der Waals surface area contributed by atoms with E-state index in [-0.39, 0.29) is 11.4 Å². The number of hydrogen-bond acceptors (Lipinski definition) is 4. The number of carboxylic acid groups (broad SMARTS) is 1. The third-order valence-corrected chi connectivity index (χ3v) is 3.94. The van der Waals surface area contributed by atoms with E-state index in [1.165, 1.54) is 0 Å². The zero-order chi connectivity index (χ0) is 9.84. The Labute approximate surface area is 88.1 Å². The van der Waals surface area contributed by atoms with Gasteiger partial charge in [-0.3, -0.25) is 10.1 Å². The highest BCUT2D eigenvalue weighted by Gasteiger charge is 2.29. The summed E-state index contributed by atoms with van der Waals surface area (Å²) in [5.74, 6) is -0.0771. The molecule has 5 heteroatoms. The first kappa shape index (κ1) is 11.2. The van der Waals surface area contributed by atoms with Gasteiger partial charge in [-0.2, -0.15) is 12.6 Å². The van der Waals surface area contributed by atoms with Crippen molar-refractivity contribution >= 4 is 30.4 Å². The van der Waals surface area contributed by atoms with Crippen molar-refractivity contribution in [3.05, 3.63) is 0 Å². The van der Waals surface area contributed by atoms with E-state index in [1.807, 2.05) is 0 Å². The van der Waals surface area contributed by atoms with Crippen LogP contribution in [0.2, 0.25) is 0 Å². The molecule has 1 aliphatic heterocycles. The van der Waals surface area contributed by atoms with Crippen molar-refractivity contribution in [2.24, 2.45) is 0 Å². The first-order valence-corrected chi connectivity index (χ1v) is 5.98. The summed E-state index contributed by atoms with van der Waals surface area (Å²) in [5.41, 5.74) is 0. The molecule has 0 spiro atoms. The van der Waals surface area contributed by atoms with Gasteiger partial charge in [-0.1, -0.05) is 6.92 Å². The average molecular weight is 221 g/mol. The number of hydrogen-bond donors (Lipinski definition) is 3. The fraction of sp³-hybridized carbons (Fsp3) is 0.875. The van der Waals surface area contributed by atoms with Crippen LogP contribution in [-0.2, 0) is 4.79 Å². The summed E-state index contributed by atoms with van der Waals surface area (Å²) in [5, 5.41) is 12.4. The average Bonchev–Trinajstić information content (AvgIpc) is 2.52. The molecule has 0 bridgehead atoms. The Morgan fingerprint density at radius 1 is 1.85 bits per heavy atom. The Balaban J connectivity index is 2.29. The molecule has 1 rings (SSSR count). The highest BCUT2D eigenvalue weighted by molar-refractivity contribution is 8.00. The highest BCUT2D eigenvalue weighted by Crippen LogP contribution is 2.24. The number of rotatable bonds is 4. The van der Waals surface area contributed by atoms with E-state index in [2.05, 4.69) is 24.9 Å². The van der Waals surface area contributed by atoms with Crippen LogP contribution in [-0.4, -0.2) is 33.5 Å². The van der Waals surface area contributed by atoms with Crippen molar-refractivity contribution in [2.45, 2.75) is 36.4 Å². The maximum Gasteiger partial charge on any atom is 0.321 e. The van der Waals surface area contributed by atoms with E-state index in [0.717, 1.165) is 12.8 Å². The Hall–Kier alpha value is 0.130. The van der Waals surface area contributed by atoms with Gasteiger partial charge in [-0.15, -0.1) is 11.8 Å². The Morgan fingerprint density at radius 3 is 3.00 bits per heavy atom. The fourth-order valence-electron chi connectivity index (χ4n) is 1.23. The summed E-state index contributed by atoms with van der Waals surface area (Å²) < 4.78 is 0. The van der Waals surface area contributed by atoms with Gasteiger partial charge in [0.05, 0.1) is 5.37 Å². The number of nitrogens with one attached hydrogen (secondary N) is 1. The second-order valence-electron chi connectivity index (χ2n) is 3.18. The lowest BCUT2D eigenvalue weighted by Gasteiger charge is -2.14. The Morgan fingerprint density at radius 2 is 2.54 bits per heavy atom. The molecule has 0 aromatic carbocycles. The number of carbonyl (C=O) groups is 1. The minimum Gasteiger partial charge on any atom is -0.480 e. The van der Waals surface area contributed by atoms with Gasteiger partial charge >= 0.3 is 5.97 Å². The largest absolute Gasteiger partial charge is 0.480 e. The molecular formula is C8H15NO2S2. The van der Waals surface area contributed by atoms with Gasteiger partial charge in [-0.05, 0) is 12.8 Å². The summed E-state index contributed by atoms with van der Waals surface area (Å²) in [4.78, 5) is 10.6. The Kier molecular flexibility index (Phi) is 4.41. The lowest BCUT2D eigenvalue weighted by atomic mass is 10.2. The quantitative estimate of drug-likeness (QED) is 0.624. The summed E-state index contributed by atoms with van der Waals surface area (Å²) >= 11 is 6.07. The minimum atomic E-state index is -0.748. The van der Waals surface area contributed by atoms with Crippen LogP contribution in [0.1, 0.15) is 19.8 Å². The maximum absolute atomic E-state index is 10.6. The van der Waals surface area contributed by atoms with Crippen LogP contribution in [0.5, 0.6) is 0 Å². The normalized spacial score (nSPS) is 30.3. The lowest BCUT2D eigenvalue weighted by Crippen LogP contribution is -2.37. The number of aliphatic carboxylic acids is 1. The van der Waals surface area contributed by atoms with Crippen LogP contribution in [0, 0.1) is 0 Å². The van der Waals surface area contributed by atoms with E-state index < -0.39 is 5.97 Å². The van der Waals surface area contributed by atoms with Crippen molar-refractivity contribution in [3.8, 4) is 0 Å². The minimum absolute atomic E-state index is 0.267. The van der Waals surface area contributed by atoms with Crippen LogP contribution in [0.4, 0.5) is 0 Å². The van der Waals surface area contributed by atoms with E-state index in [1.54, 1.807) is 11.8 Å². The van der Waals surface area contributed by atoms with Gasteiger partial charge < -0.3 is 5.11 Å². The maximum atomic E-state index is 10.6. The fourth-order valence-corrected chi connectivity index (χ4v) is 2.87. The molecule has 0 saturated carbocycles. The van der Waals surface area contributed by atoms with E-state index >= 15 is 0 Å². The smallest absolute Gasteiger partial charge is 0.321 e. The van der Waals surface area contributed by atoms with Crippen LogP contribution in [0.25, 0.3) is 0 Å². The van der Waals surface area contributed by atoms with Gasteiger partial charge in [0.15, 0.2) is 0 Å². The van der Waals surface area contributed by atoms with Gasteiger partial charge in [0.1, 0.15) is 6.04 Å². The van der Waals surface area contributed by atoms with Gasteiger partial charge in [-0.25, -0.2) is 0 Å². The monoisotopic (exact) mass is 221 g/mol. The molecule has 0 aliphatic carbocycles. The first-order valence-electron chi connectivity index (χ1n) is 4.42. The van der Waals surface area contributed by atoms with Crippen LogP contribution >= 0.6 is 24.4 Å².